The first-order chi connectivity index (χ1) is 10.4. The third kappa shape index (κ3) is 2.97. The van der Waals surface area contributed by atoms with E-state index in [1.54, 1.807) is 0 Å². The van der Waals surface area contributed by atoms with Crippen LogP contribution in [0.15, 0.2) is 54.6 Å². The minimum absolute atomic E-state index is 0.174. The second-order valence-electron chi connectivity index (χ2n) is 6.95. The van der Waals surface area contributed by atoms with Crippen molar-refractivity contribution >= 4 is 7.12 Å². The summed E-state index contributed by atoms with van der Waals surface area (Å²) in [6.45, 7) is 8.36. The van der Waals surface area contributed by atoms with Crippen molar-refractivity contribution in [3.05, 3.63) is 60.2 Å². The molecule has 1 fully saturated rings. The Morgan fingerprint density at radius 1 is 0.727 bits per heavy atom. The Kier molecular flexibility index (Phi) is 3.88. The summed E-state index contributed by atoms with van der Waals surface area (Å²) < 4.78 is 12.1. The quantitative estimate of drug-likeness (QED) is 0.774. The van der Waals surface area contributed by atoms with Crippen molar-refractivity contribution in [3.8, 4) is 11.1 Å². The Hall–Kier alpha value is -1.58. The third-order valence-corrected chi connectivity index (χ3v) is 4.77. The van der Waals surface area contributed by atoms with E-state index in [2.05, 4.69) is 76.2 Å². The molecule has 0 radical (unpaired) electrons. The summed E-state index contributed by atoms with van der Waals surface area (Å²) in [5, 5.41) is 0. The summed E-state index contributed by atoms with van der Waals surface area (Å²) in [6.07, 6.45) is 0.780. The molecule has 0 amide bonds. The van der Waals surface area contributed by atoms with Crippen molar-refractivity contribution in [2.45, 2.75) is 45.2 Å². The van der Waals surface area contributed by atoms with Crippen LogP contribution in [0.5, 0.6) is 0 Å². The molecule has 0 bridgehead atoms. The highest BCUT2D eigenvalue weighted by Gasteiger charge is 2.50. The van der Waals surface area contributed by atoms with Crippen LogP contribution >= 0.6 is 0 Å². The van der Waals surface area contributed by atoms with Gasteiger partial charge < -0.3 is 9.31 Å². The smallest absolute Gasteiger partial charge is 0.403 e. The summed E-state index contributed by atoms with van der Waals surface area (Å²) in [5.74, 6) is 0. The van der Waals surface area contributed by atoms with Gasteiger partial charge in [-0.15, -0.1) is 0 Å². The summed E-state index contributed by atoms with van der Waals surface area (Å²) in [6, 6.07) is 19.1. The maximum Gasteiger partial charge on any atom is 0.462 e. The van der Waals surface area contributed by atoms with Crippen LogP contribution in [0.1, 0.15) is 33.3 Å². The Morgan fingerprint density at radius 3 is 1.77 bits per heavy atom. The molecule has 0 aliphatic carbocycles. The van der Waals surface area contributed by atoms with Crippen LogP contribution in [0, 0.1) is 0 Å². The lowest BCUT2D eigenvalue weighted by atomic mass is 9.80. The predicted molar refractivity (Wildman–Crippen MR) is 91.7 cm³/mol. The summed E-state index contributed by atoms with van der Waals surface area (Å²) in [5.41, 5.74) is 3.18. The molecule has 2 aromatic rings. The second kappa shape index (κ2) is 5.56. The van der Waals surface area contributed by atoms with Crippen molar-refractivity contribution in [2.75, 3.05) is 0 Å². The molecule has 1 saturated heterocycles. The van der Waals surface area contributed by atoms with Crippen LogP contribution < -0.4 is 0 Å². The van der Waals surface area contributed by atoms with Crippen LogP contribution in [0.3, 0.4) is 0 Å². The molecule has 0 atom stereocenters. The molecular formula is C19H23BO2. The van der Waals surface area contributed by atoms with E-state index in [-0.39, 0.29) is 18.3 Å². The second-order valence-corrected chi connectivity index (χ2v) is 6.95. The Bertz CT molecular complexity index is 616. The fourth-order valence-corrected chi connectivity index (χ4v) is 2.70. The minimum atomic E-state index is -0.262. The van der Waals surface area contributed by atoms with Gasteiger partial charge in [0, 0.05) is 6.32 Å². The summed E-state index contributed by atoms with van der Waals surface area (Å²) in [7, 11) is -0.174. The molecule has 3 rings (SSSR count). The van der Waals surface area contributed by atoms with Crippen LogP contribution in [0.4, 0.5) is 0 Å². The molecule has 3 heteroatoms. The van der Waals surface area contributed by atoms with E-state index in [0.29, 0.717) is 0 Å². The fraction of sp³-hybridized carbons (Fsp3) is 0.368. The van der Waals surface area contributed by atoms with Crippen LogP contribution in [0.2, 0.25) is 0 Å². The highest BCUT2D eigenvalue weighted by molar-refractivity contribution is 6.45. The van der Waals surface area contributed by atoms with Gasteiger partial charge >= 0.3 is 7.12 Å². The number of benzene rings is 2. The van der Waals surface area contributed by atoms with E-state index >= 15 is 0 Å². The van der Waals surface area contributed by atoms with E-state index in [0.717, 1.165) is 6.32 Å². The molecule has 1 aliphatic rings. The van der Waals surface area contributed by atoms with E-state index < -0.39 is 0 Å². The first-order valence-electron chi connectivity index (χ1n) is 7.87. The highest BCUT2D eigenvalue weighted by atomic mass is 16.7. The highest BCUT2D eigenvalue weighted by Crippen LogP contribution is 2.37. The van der Waals surface area contributed by atoms with E-state index in [1.165, 1.54) is 16.7 Å². The van der Waals surface area contributed by atoms with E-state index in [1.807, 2.05) is 6.07 Å². The SMILES string of the molecule is CC1(C)OB(Cc2ccc(-c3ccccc3)cc2)OC1(C)C. The van der Waals surface area contributed by atoms with Crippen LogP contribution in [-0.4, -0.2) is 18.3 Å². The number of hydrogen-bond donors (Lipinski definition) is 0. The molecular weight excluding hydrogens is 271 g/mol. The van der Waals surface area contributed by atoms with Gasteiger partial charge in [0.2, 0.25) is 0 Å². The molecule has 0 unspecified atom stereocenters. The first kappa shape index (κ1) is 15.3. The van der Waals surface area contributed by atoms with Gasteiger partial charge in [0.15, 0.2) is 0 Å². The Morgan fingerprint density at radius 2 is 1.23 bits per heavy atom. The average molecular weight is 294 g/mol. The number of rotatable bonds is 3. The van der Waals surface area contributed by atoms with Gasteiger partial charge in [0.25, 0.3) is 0 Å². The van der Waals surface area contributed by atoms with Gasteiger partial charge in [-0.05, 0) is 44.4 Å². The van der Waals surface area contributed by atoms with Gasteiger partial charge in [-0.25, -0.2) is 0 Å². The first-order valence-corrected chi connectivity index (χ1v) is 7.87. The minimum Gasteiger partial charge on any atom is -0.403 e. The van der Waals surface area contributed by atoms with E-state index in [9.17, 15) is 0 Å². The van der Waals surface area contributed by atoms with Crippen molar-refractivity contribution in [1.29, 1.82) is 0 Å². The van der Waals surface area contributed by atoms with Crippen molar-refractivity contribution < 1.29 is 9.31 Å². The largest absolute Gasteiger partial charge is 0.462 e. The lowest BCUT2D eigenvalue weighted by Gasteiger charge is -2.32. The maximum absolute atomic E-state index is 6.06. The van der Waals surface area contributed by atoms with Crippen LogP contribution in [0.25, 0.3) is 11.1 Å². The molecule has 2 nitrogen and oxygen atoms in total. The Balaban J connectivity index is 1.70. The molecule has 22 heavy (non-hydrogen) atoms. The zero-order chi connectivity index (χ0) is 15.8. The number of hydrogen-bond acceptors (Lipinski definition) is 2. The van der Waals surface area contributed by atoms with Crippen molar-refractivity contribution in [3.63, 3.8) is 0 Å². The molecule has 2 aromatic carbocycles. The molecule has 0 aromatic heterocycles. The molecule has 0 saturated carbocycles. The van der Waals surface area contributed by atoms with Crippen LogP contribution in [-0.2, 0) is 15.6 Å². The predicted octanol–water partition coefficient (Wildman–Crippen LogP) is 4.53. The van der Waals surface area contributed by atoms with Gasteiger partial charge in [0.05, 0.1) is 11.2 Å². The van der Waals surface area contributed by atoms with E-state index in [4.69, 9.17) is 9.31 Å². The summed E-state index contributed by atoms with van der Waals surface area (Å²) >= 11 is 0. The summed E-state index contributed by atoms with van der Waals surface area (Å²) in [4.78, 5) is 0. The molecule has 114 valence electrons. The Labute approximate surface area is 133 Å². The molecule has 0 spiro atoms. The standard InChI is InChI=1S/C19H23BO2/c1-18(2)19(3,4)22-20(21-18)14-15-10-12-17(13-11-15)16-8-6-5-7-9-16/h5-13H,14H2,1-4H3. The van der Waals surface area contributed by atoms with Gasteiger partial charge in [-0.2, -0.15) is 0 Å². The monoisotopic (exact) mass is 294 g/mol. The third-order valence-electron chi connectivity index (χ3n) is 4.77. The van der Waals surface area contributed by atoms with Gasteiger partial charge in [-0.3, -0.25) is 0 Å². The topological polar surface area (TPSA) is 18.5 Å². The normalized spacial score (nSPS) is 19.4. The van der Waals surface area contributed by atoms with Gasteiger partial charge in [-0.1, -0.05) is 54.6 Å². The fourth-order valence-electron chi connectivity index (χ4n) is 2.70. The van der Waals surface area contributed by atoms with Crippen molar-refractivity contribution in [1.82, 2.24) is 0 Å². The molecule has 0 N–H and O–H groups in total. The van der Waals surface area contributed by atoms with Gasteiger partial charge in [0.1, 0.15) is 0 Å². The zero-order valence-electron chi connectivity index (χ0n) is 13.8. The molecule has 1 aliphatic heterocycles. The molecule has 1 heterocycles. The maximum atomic E-state index is 6.06. The zero-order valence-corrected chi connectivity index (χ0v) is 13.8. The lowest BCUT2D eigenvalue weighted by Crippen LogP contribution is -2.41. The van der Waals surface area contributed by atoms with Crippen molar-refractivity contribution in [2.24, 2.45) is 0 Å². The average Bonchev–Trinajstić information content (AvgIpc) is 2.68. The lowest BCUT2D eigenvalue weighted by molar-refractivity contribution is 0.00578.